The lowest BCUT2D eigenvalue weighted by Crippen LogP contribution is -2.31. The molecule has 0 aromatic heterocycles. The smallest absolute Gasteiger partial charge is 0.230 e. The lowest BCUT2D eigenvalue weighted by molar-refractivity contribution is -0.124. The molecule has 1 aromatic carbocycles. The first kappa shape index (κ1) is 14.7. The molecule has 0 aliphatic rings. The topological polar surface area (TPSA) is 29.1 Å². The quantitative estimate of drug-likeness (QED) is 0.835. The number of nitrogens with one attached hydrogen (secondary N) is 1. The first-order chi connectivity index (χ1) is 8.21. The molecule has 0 aliphatic heterocycles. The van der Waals surface area contributed by atoms with Gasteiger partial charge in [0.25, 0.3) is 0 Å². The molecular formula is C16H25NO. The van der Waals surface area contributed by atoms with E-state index < -0.39 is 0 Å². The van der Waals surface area contributed by atoms with Gasteiger partial charge in [0.2, 0.25) is 5.91 Å². The third kappa shape index (κ3) is 4.91. The fourth-order valence-electron chi connectivity index (χ4n) is 1.62. The minimum atomic E-state index is -0.330. The van der Waals surface area contributed by atoms with E-state index in [4.69, 9.17) is 0 Å². The van der Waals surface area contributed by atoms with Gasteiger partial charge >= 0.3 is 0 Å². The van der Waals surface area contributed by atoms with Crippen LogP contribution in [0.15, 0.2) is 30.3 Å². The van der Waals surface area contributed by atoms with Crippen molar-refractivity contribution in [2.24, 2.45) is 10.8 Å². The van der Waals surface area contributed by atoms with E-state index >= 15 is 0 Å². The second-order valence-corrected chi connectivity index (χ2v) is 6.76. The molecule has 18 heavy (non-hydrogen) atoms. The Labute approximate surface area is 111 Å². The number of hydrogen-bond donors (Lipinski definition) is 1. The van der Waals surface area contributed by atoms with Gasteiger partial charge in [0.05, 0.1) is 0 Å². The Hall–Kier alpha value is -1.31. The molecule has 0 bridgehead atoms. The van der Waals surface area contributed by atoms with E-state index in [1.165, 1.54) is 0 Å². The van der Waals surface area contributed by atoms with Gasteiger partial charge in [-0.1, -0.05) is 52.8 Å². The van der Waals surface area contributed by atoms with Crippen molar-refractivity contribution in [2.75, 3.05) is 5.32 Å². The van der Waals surface area contributed by atoms with Crippen molar-refractivity contribution in [3.8, 4) is 0 Å². The molecule has 1 rings (SSSR count). The number of carbonyl (C=O) groups is 1. The molecule has 0 fully saturated rings. The van der Waals surface area contributed by atoms with E-state index in [1.807, 2.05) is 44.2 Å². The van der Waals surface area contributed by atoms with Gasteiger partial charge in [-0.05, 0) is 30.4 Å². The van der Waals surface area contributed by atoms with Crippen molar-refractivity contribution in [3.05, 3.63) is 30.3 Å². The Morgan fingerprint density at radius 2 is 1.56 bits per heavy atom. The summed E-state index contributed by atoms with van der Waals surface area (Å²) in [6.07, 6.45) is 1.94. The molecule has 0 unspecified atom stereocenters. The van der Waals surface area contributed by atoms with E-state index in [9.17, 15) is 4.79 Å². The summed E-state index contributed by atoms with van der Waals surface area (Å²) in [5, 5.41) is 2.98. The van der Waals surface area contributed by atoms with Crippen LogP contribution in [-0.4, -0.2) is 5.91 Å². The van der Waals surface area contributed by atoms with Crippen molar-refractivity contribution in [3.63, 3.8) is 0 Å². The van der Waals surface area contributed by atoms with Gasteiger partial charge in [0.1, 0.15) is 0 Å². The number of rotatable bonds is 4. The van der Waals surface area contributed by atoms with E-state index in [1.54, 1.807) is 0 Å². The predicted octanol–water partition coefficient (Wildman–Crippen LogP) is 4.48. The first-order valence-corrected chi connectivity index (χ1v) is 6.57. The Balaban J connectivity index is 2.59. The van der Waals surface area contributed by atoms with Crippen molar-refractivity contribution < 1.29 is 4.79 Å². The van der Waals surface area contributed by atoms with Gasteiger partial charge in [-0.25, -0.2) is 0 Å². The fourth-order valence-corrected chi connectivity index (χ4v) is 1.62. The van der Waals surface area contributed by atoms with Gasteiger partial charge in [-0.2, -0.15) is 0 Å². The molecular weight excluding hydrogens is 222 g/mol. The second-order valence-electron chi connectivity index (χ2n) is 6.76. The molecule has 0 atom stereocenters. The third-order valence-electron chi connectivity index (χ3n) is 3.15. The average Bonchev–Trinajstić information content (AvgIpc) is 2.27. The zero-order chi connectivity index (χ0) is 13.8. The molecule has 0 aliphatic carbocycles. The molecule has 0 saturated heterocycles. The van der Waals surface area contributed by atoms with Crippen LogP contribution in [0.1, 0.15) is 47.5 Å². The molecule has 0 saturated carbocycles. The summed E-state index contributed by atoms with van der Waals surface area (Å²) in [4.78, 5) is 12.2. The summed E-state index contributed by atoms with van der Waals surface area (Å²) in [7, 11) is 0. The van der Waals surface area contributed by atoms with Crippen LogP contribution in [0.4, 0.5) is 5.69 Å². The number of para-hydroxylation sites is 1. The van der Waals surface area contributed by atoms with E-state index in [-0.39, 0.29) is 16.7 Å². The van der Waals surface area contributed by atoms with Crippen LogP contribution < -0.4 is 5.32 Å². The van der Waals surface area contributed by atoms with Crippen LogP contribution in [0.25, 0.3) is 0 Å². The number of amides is 1. The molecule has 0 spiro atoms. The third-order valence-corrected chi connectivity index (χ3v) is 3.15. The molecule has 1 N–H and O–H groups in total. The zero-order valence-electron chi connectivity index (χ0n) is 12.2. The summed E-state index contributed by atoms with van der Waals surface area (Å²) in [5.41, 5.74) is 0.805. The molecule has 1 aromatic rings. The van der Waals surface area contributed by atoms with Crippen LogP contribution in [0, 0.1) is 10.8 Å². The van der Waals surface area contributed by atoms with Crippen LogP contribution in [0.5, 0.6) is 0 Å². The minimum absolute atomic E-state index is 0.0953. The highest BCUT2D eigenvalue weighted by Gasteiger charge is 2.29. The maximum atomic E-state index is 12.2. The Morgan fingerprint density at radius 3 is 2.06 bits per heavy atom. The maximum absolute atomic E-state index is 12.2. The summed E-state index contributed by atoms with van der Waals surface area (Å²) in [6, 6.07) is 9.63. The van der Waals surface area contributed by atoms with Crippen LogP contribution >= 0.6 is 0 Å². The molecule has 100 valence electrons. The van der Waals surface area contributed by atoms with Gasteiger partial charge < -0.3 is 5.32 Å². The summed E-state index contributed by atoms with van der Waals surface area (Å²) in [5.74, 6) is 0.0953. The zero-order valence-corrected chi connectivity index (χ0v) is 12.2. The van der Waals surface area contributed by atoms with E-state index in [0.717, 1.165) is 18.5 Å². The Bertz CT molecular complexity index is 387. The van der Waals surface area contributed by atoms with Crippen molar-refractivity contribution in [1.82, 2.24) is 0 Å². The highest BCUT2D eigenvalue weighted by atomic mass is 16.2. The largest absolute Gasteiger partial charge is 0.326 e. The standard InChI is InChI=1S/C16H25NO/c1-15(2,3)11-12-16(4,5)14(18)17-13-9-7-6-8-10-13/h6-10H,11-12H2,1-5H3,(H,17,18). The highest BCUT2D eigenvalue weighted by Crippen LogP contribution is 2.31. The number of hydrogen-bond acceptors (Lipinski definition) is 1. The SMILES string of the molecule is CC(C)(C)CCC(C)(C)C(=O)Nc1ccccc1. The van der Waals surface area contributed by atoms with Crippen molar-refractivity contribution in [1.29, 1.82) is 0 Å². The van der Waals surface area contributed by atoms with Crippen molar-refractivity contribution >= 4 is 11.6 Å². The van der Waals surface area contributed by atoms with Gasteiger partial charge in [-0.15, -0.1) is 0 Å². The number of anilines is 1. The second kappa shape index (κ2) is 5.55. The van der Waals surface area contributed by atoms with E-state index in [0.29, 0.717) is 0 Å². The lowest BCUT2D eigenvalue weighted by atomic mass is 9.79. The van der Waals surface area contributed by atoms with Crippen LogP contribution in [0.2, 0.25) is 0 Å². The molecule has 2 nitrogen and oxygen atoms in total. The molecule has 2 heteroatoms. The van der Waals surface area contributed by atoms with Gasteiger partial charge in [0.15, 0.2) is 0 Å². The van der Waals surface area contributed by atoms with Gasteiger partial charge in [-0.3, -0.25) is 4.79 Å². The molecule has 1 amide bonds. The number of carbonyl (C=O) groups excluding carboxylic acids is 1. The molecule has 0 radical (unpaired) electrons. The van der Waals surface area contributed by atoms with Crippen LogP contribution in [0.3, 0.4) is 0 Å². The minimum Gasteiger partial charge on any atom is -0.326 e. The Morgan fingerprint density at radius 1 is 1.00 bits per heavy atom. The maximum Gasteiger partial charge on any atom is 0.230 e. The predicted molar refractivity (Wildman–Crippen MR) is 77.5 cm³/mol. The first-order valence-electron chi connectivity index (χ1n) is 6.57. The molecule has 0 heterocycles. The Kier molecular flexibility index (Phi) is 4.55. The van der Waals surface area contributed by atoms with E-state index in [2.05, 4.69) is 26.1 Å². The highest BCUT2D eigenvalue weighted by molar-refractivity contribution is 5.94. The normalized spacial score (nSPS) is 12.3. The lowest BCUT2D eigenvalue weighted by Gasteiger charge is -2.27. The summed E-state index contributed by atoms with van der Waals surface area (Å²) < 4.78 is 0. The summed E-state index contributed by atoms with van der Waals surface area (Å²) >= 11 is 0. The summed E-state index contributed by atoms with van der Waals surface area (Å²) in [6.45, 7) is 10.6. The monoisotopic (exact) mass is 247 g/mol. The fraction of sp³-hybridized carbons (Fsp3) is 0.562. The van der Waals surface area contributed by atoms with Crippen molar-refractivity contribution in [2.45, 2.75) is 47.5 Å². The number of benzene rings is 1. The average molecular weight is 247 g/mol. The van der Waals surface area contributed by atoms with Crippen LogP contribution in [-0.2, 0) is 4.79 Å². The van der Waals surface area contributed by atoms with Gasteiger partial charge in [0, 0.05) is 11.1 Å².